The Bertz CT molecular complexity index is 327. The molecule has 1 aromatic heterocycles. The smallest absolute Gasteiger partial charge is 0.114 e. The van der Waals surface area contributed by atoms with Crippen molar-refractivity contribution < 1.29 is 9.47 Å². The molecule has 4 nitrogen and oxygen atoms in total. The summed E-state index contributed by atoms with van der Waals surface area (Å²) < 4.78 is 11.0. The number of nitrogens with two attached hydrogens (primary N) is 1. The van der Waals surface area contributed by atoms with E-state index in [0.717, 1.165) is 31.7 Å². The van der Waals surface area contributed by atoms with E-state index in [4.69, 9.17) is 15.2 Å². The zero-order valence-corrected chi connectivity index (χ0v) is 11.4. The van der Waals surface area contributed by atoms with Gasteiger partial charge in [0, 0.05) is 33.2 Å². The lowest BCUT2D eigenvalue weighted by Crippen LogP contribution is -2.36. The van der Waals surface area contributed by atoms with Crippen LogP contribution in [0.4, 0.5) is 5.69 Å². The van der Waals surface area contributed by atoms with Gasteiger partial charge in [0.2, 0.25) is 0 Å². The molecular weight excluding hydrogens is 263 g/mol. The third-order valence-corrected chi connectivity index (χ3v) is 2.94. The first-order valence-corrected chi connectivity index (χ1v) is 5.12. The predicted octanol–water partition coefficient (Wildman–Crippen LogP) is 2.16. The number of anilines is 1. The minimum Gasteiger partial charge on any atom is -0.397 e. The number of nitrogen functional groups attached to an aromatic ring is 1. The average Bonchev–Trinajstić information content (AvgIpc) is 2.31. The Morgan fingerprint density at radius 3 is 2.41 bits per heavy atom. The number of nitrogens with zero attached hydrogens (tertiary/aromatic N) is 1. The van der Waals surface area contributed by atoms with E-state index >= 15 is 0 Å². The van der Waals surface area contributed by atoms with E-state index in [-0.39, 0.29) is 30.4 Å². The highest BCUT2D eigenvalue weighted by Crippen LogP contribution is 2.34. The van der Waals surface area contributed by atoms with Gasteiger partial charge in [0.25, 0.3) is 0 Å². The van der Waals surface area contributed by atoms with Gasteiger partial charge in [0.1, 0.15) is 5.60 Å². The van der Waals surface area contributed by atoms with E-state index in [9.17, 15) is 0 Å². The van der Waals surface area contributed by atoms with Crippen LogP contribution in [0.25, 0.3) is 0 Å². The lowest BCUT2D eigenvalue weighted by atomic mass is 9.90. The predicted molar refractivity (Wildman–Crippen MR) is 71.9 cm³/mol. The number of ether oxygens (including phenoxy) is 2. The molecule has 17 heavy (non-hydrogen) atoms. The van der Waals surface area contributed by atoms with Crippen molar-refractivity contribution in [2.24, 2.45) is 0 Å². The minimum atomic E-state index is -0.286. The van der Waals surface area contributed by atoms with Gasteiger partial charge in [-0.3, -0.25) is 4.98 Å². The minimum absolute atomic E-state index is 0. The van der Waals surface area contributed by atoms with Gasteiger partial charge in [-0.1, -0.05) is 0 Å². The molecule has 98 valence electrons. The van der Waals surface area contributed by atoms with Crippen LogP contribution in [0, 0.1) is 0 Å². The summed E-state index contributed by atoms with van der Waals surface area (Å²) in [6.45, 7) is 1.44. The van der Waals surface area contributed by atoms with Crippen molar-refractivity contribution in [2.45, 2.75) is 18.4 Å². The van der Waals surface area contributed by atoms with Crippen molar-refractivity contribution in [3.8, 4) is 0 Å². The molecule has 1 aliphatic heterocycles. The SMILES string of the molecule is COC1(c2ccc(N)cn2)CCOCC1.Cl.Cl. The van der Waals surface area contributed by atoms with Crippen LogP contribution in [0.3, 0.4) is 0 Å². The van der Waals surface area contributed by atoms with E-state index < -0.39 is 0 Å². The molecule has 2 rings (SSSR count). The van der Waals surface area contributed by atoms with Crippen molar-refractivity contribution in [3.05, 3.63) is 24.0 Å². The maximum atomic E-state index is 5.62. The van der Waals surface area contributed by atoms with Gasteiger partial charge in [0.15, 0.2) is 0 Å². The fraction of sp³-hybridized carbons (Fsp3) is 0.545. The molecular formula is C11H18Cl2N2O2. The fourth-order valence-corrected chi connectivity index (χ4v) is 1.94. The van der Waals surface area contributed by atoms with Gasteiger partial charge < -0.3 is 15.2 Å². The van der Waals surface area contributed by atoms with Crippen LogP contribution in [-0.4, -0.2) is 25.3 Å². The molecule has 0 unspecified atom stereocenters. The number of hydrogen-bond acceptors (Lipinski definition) is 4. The molecule has 2 N–H and O–H groups in total. The van der Waals surface area contributed by atoms with E-state index in [1.807, 2.05) is 12.1 Å². The van der Waals surface area contributed by atoms with Crippen LogP contribution < -0.4 is 5.73 Å². The summed E-state index contributed by atoms with van der Waals surface area (Å²) in [5.74, 6) is 0. The second kappa shape index (κ2) is 7.01. The Labute approximate surface area is 114 Å². The Hall–Kier alpha value is -0.550. The Morgan fingerprint density at radius 2 is 1.94 bits per heavy atom. The highest BCUT2D eigenvalue weighted by atomic mass is 35.5. The zero-order valence-electron chi connectivity index (χ0n) is 9.72. The number of methoxy groups -OCH3 is 1. The molecule has 0 atom stereocenters. The van der Waals surface area contributed by atoms with Crippen LogP contribution >= 0.6 is 24.8 Å². The van der Waals surface area contributed by atoms with E-state index in [1.165, 1.54) is 0 Å². The fourth-order valence-electron chi connectivity index (χ4n) is 1.94. The quantitative estimate of drug-likeness (QED) is 0.902. The first-order valence-electron chi connectivity index (χ1n) is 5.12. The topological polar surface area (TPSA) is 57.4 Å². The summed E-state index contributed by atoms with van der Waals surface area (Å²) in [5, 5.41) is 0. The zero-order chi connectivity index (χ0) is 10.7. The number of rotatable bonds is 2. The van der Waals surface area contributed by atoms with Crippen LogP contribution in [-0.2, 0) is 15.1 Å². The van der Waals surface area contributed by atoms with E-state index in [0.29, 0.717) is 5.69 Å². The molecule has 0 bridgehead atoms. The molecule has 0 radical (unpaired) electrons. The third kappa shape index (κ3) is 3.45. The van der Waals surface area contributed by atoms with Crippen LogP contribution in [0.5, 0.6) is 0 Å². The molecule has 1 saturated heterocycles. The highest BCUT2D eigenvalue weighted by Gasteiger charge is 2.35. The largest absolute Gasteiger partial charge is 0.397 e. The lowest BCUT2D eigenvalue weighted by molar-refractivity contribution is -0.0972. The van der Waals surface area contributed by atoms with Gasteiger partial charge in [0.05, 0.1) is 17.6 Å². The third-order valence-electron chi connectivity index (χ3n) is 2.94. The number of pyridine rings is 1. The standard InChI is InChI=1S/C11H16N2O2.2ClH/c1-14-11(4-6-15-7-5-11)10-3-2-9(12)8-13-10;;/h2-3,8H,4-7,12H2,1H3;2*1H. The monoisotopic (exact) mass is 280 g/mol. The molecule has 0 amide bonds. The van der Waals surface area contributed by atoms with Crippen molar-refractivity contribution >= 4 is 30.5 Å². The molecule has 0 spiro atoms. The van der Waals surface area contributed by atoms with E-state index in [1.54, 1.807) is 13.3 Å². The Kier molecular flexibility index (Phi) is 6.78. The molecule has 0 saturated carbocycles. The second-order valence-corrected chi connectivity index (χ2v) is 3.79. The molecule has 6 heteroatoms. The molecule has 0 aliphatic carbocycles. The average molecular weight is 281 g/mol. The number of hydrogen-bond donors (Lipinski definition) is 1. The van der Waals surface area contributed by atoms with Crippen LogP contribution in [0.1, 0.15) is 18.5 Å². The van der Waals surface area contributed by atoms with Crippen molar-refractivity contribution in [2.75, 3.05) is 26.1 Å². The van der Waals surface area contributed by atoms with E-state index in [2.05, 4.69) is 4.98 Å². The van der Waals surface area contributed by atoms with Gasteiger partial charge >= 0.3 is 0 Å². The summed E-state index contributed by atoms with van der Waals surface area (Å²) in [5.41, 5.74) is 6.95. The van der Waals surface area contributed by atoms with Crippen molar-refractivity contribution in [1.82, 2.24) is 4.98 Å². The lowest BCUT2D eigenvalue weighted by Gasteiger charge is -2.35. The first kappa shape index (κ1) is 16.4. The van der Waals surface area contributed by atoms with Gasteiger partial charge in [-0.15, -0.1) is 24.8 Å². The molecule has 1 aliphatic rings. The molecule has 2 heterocycles. The summed E-state index contributed by atoms with van der Waals surface area (Å²) in [4.78, 5) is 4.34. The van der Waals surface area contributed by atoms with Gasteiger partial charge in [-0.2, -0.15) is 0 Å². The van der Waals surface area contributed by atoms with Crippen LogP contribution in [0.2, 0.25) is 0 Å². The first-order chi connectivity index (χ1) is 7.27. The highest BCUT2D eigenvalue weighted by molar-refractivity contribution is 5.85. The number of aromatic nitrogens is 1. The number of halogens is 2. The summed E-state index contributed by atoms with van der Waals surface area (Å²) >= 11 is 0. The Balaban J connectivity index is 0.00000128. The summed E-state index contributed by atoms with van der Waals surface area (Å²) in [6, 6.07) is 3.79. The molecule has 1 aromatic rings. The van der Waals surface area contributed by atoms with Gasteiger partial charge in [-0.05, 0) is 12.1 Å². The summed E-state index contributed by atoms with van der Waals surface area (Å²) in [6.07, 6.45) is 3.37. The second-order valence-electron chi connectivity index (χ2n) is 3.79. The Morgan fingerprint density at radius 1 is 1.29 bits per heavy atom. The summed E-state index contributed by atoms with van der Waals surface area (Å²) in [7, 11) is 1.73. The van der Waals surface area contributed by atoms with Crippen LogP contribution in [0.15, 0.2) is 18.3 Å². The maximum absolute atomic E-state index is 5.62. The van der Waals surface area contributed by atoms with Gasteiger partial charge in [-0.25, -0.2) is 0 Å². The van der Waals surface area contributed by atoms with Crippen molar-refractivity contribution in [3.63, 3.8) is 0 Å². The maximum Gasteiger partial charge on any atom is 0.114 e. The normalized spacial score (nSPS) is 17.7. The molecule has 1 fully saturated rings. The van der Waals surface area contributed by atoms with Crippen molar-refractivity contribution in [1.29, 1.82) is 0 Å². The molecule has 0 aromatic carbocycles.